The first-order valence-corrected chi connectivity index (χ1v) is 16.9. The van der Waals surface area contributed by atoms with Crippen LogP contribution in [0.15, 0.2) is 154 Å². The summed E-state index contributed by atoms with van der Waals surface area (Å²) in [5.74, 6) is 2.86. The van der Waals surface area contributed by atoms with Gasteiger partial charge in [-0.3, -0.25) is 0 Å². The summed E-state index contributed by atoms with van der Waals surface area (Å²) in [5, 5.41) is 3.09. The van der Waals surface area contributed by atoms with Crippen molar-refractivity contribution in [3.8, 4) is 56.4 Å². The van der Waals surface area contributed by atoms with E-state index in [-0.39, 0.29) is 0 Å². The topological polar surface area (TPSA) is 65.0 Å². The second-order valence-corrected chi connectivity index (χ2v) is 12.6. The minimum atomic E-state index is 0.590. The standard InChI is InChI=1S/C45H29N3O2/c1-3-12-28(13-4-1)29-24-26-31(27-25-29)44-46-43(30-14-5-2-6-15-30)47-45(48-44)37-21-11-23-39-40(37)36-20-10-19-35(42(36)50-39)34-18-9-17-33-32-16-7-8-22-38(32)49-41(33)34/h1-7,9-21,23-27H,8,22H2. The van der Waals surface area contributed by atoms with Crippen LogP contribution in [0.25, 0.3) is 95.4 Å². The van der Waals surface area contributed by atoms with Gasteiger partial charge in [0.15, 0.2) is 17.5 Å². The molecule has 9 aromatic rings. The Bertz CT molecular complexity index is 2740. The van der Waals surface area contributed by atoms with Crippen LogP contribution in [0.3, 0.4) is 0 Å². The smallest absolute Gasteiger partial charge is 0.164 e. The Balaban J connectivity index is 1.16. The van der Waals surface area contributed by atoms with Crippen LogP contribution in [0.2, 0.25) is 0 Å². The highest BCUT2D eigenvalue weighted by Gasteiger charge is 2.22. The fraction of sp³-hybridized carbons (Fsp3) is 0.0444. The van der Waals surface area contributed by atoms with E-state index in [9.17, 15) is 0 Å². The molecule has 1 aliphatic rings. The van der Waals surface area contributed by atoms with Gasteiger partial charge in [-0.25, -0.2) is 15.0 Å². The first kappa shape index (κ1) is 28.4. The predicted octanol–water partition coefficient (Wildman–Crippen LogP) is 11.8. The van der Waals surface area contributed by atoms with Crippen molar-refractivity contribution >= 4 is 39.0 Å². The van der Waals surface area contributed by atoms with Gasteiger partial charge in [0.2, 0.25) is 0 Å². The molecule has 10 rings (SSSR count). The summed E-state index contributed by atoms with van der Waals surface area (Å²) in [6, 6.07) is 47.6. The lowest BCUT2D eigenvalue weighted by molar-refractivity contribution is 0.547. The maximum absolute atomic E-state index is 6.71. The quantitative estimate of drug-likeness (QED) is 0.187. The summed E-state index contributed by atoms with van der Waals surface area (Å²) in [4.78, 5) is 15.2. The number of rotatable bonds is 5. The Labute approximate surface area is 288 Å². The van der Waals surface area contributed by atoms with Crippen molar-refractivity contribution in [2.75, 3.05) is 0 Å². The molecule has 50 heavy (non-hydrogen) atoms. The number of fused-ring (bicyclic) bond motifs is 6. The SMILES string of the molecule is C1=Cc2c(oc3c(-c4cccc5c4oc4cccc(-c6nc(-c7ccccc7)nc(-c7ccc(-c8ccccc8)cc7)n6)c45)cccc23)CC1. The van der Waals surface area contributed by atoms with Crippen LogP contribution < -0.4 is 0 Å². The van der Waals surface area contributed by atoms with Gasteiger partial charge in [0, 0.05) is 56.0 Å². The molecule has 3 heterocycles. The van der Waals surface area contributed by atoms with Crippen molar-refractivity contribution < 1.29 is 8.83 Å². The molecule has 0 radical (unpaired) electrons. The van der Waals surface area contributed by atoms with Crippen LogP contribution in [0.5, 0.6) is 0 Å². The molecule has 0 saturated heterocycles. The second-order valence-electron chi connectivity index (χ2n) is 12.6. The molecular weight excluding hydrogens is 615 g/mol. The van der Waals surface area contributed by atoms with Gasteiger partial charge in [-0.15, -0.1) is 0 Å². The van der Waals surface area contributed by atoms with Crippen LogP contribution in [0, 0.1) is 0 Å². The molecule has 0 spiro atoms. The van der Waals surface area contributed by atoms with E-state index in [0.29, 0.717) is 17.5 Å². The zero-order valence-corrected chi connectivity index (χ0v) is 27.0. The predicted molar refractivity (Wildman–Crippen MR) is 201 cm³/mol. The number of furan rings is 2. The molecule has 6 aromatic carbocycles. The van der Waals surface area contributed by atoms with Gasteiger partial charge in [0.1, 0.15) is 22.5 Å². The van der Waals surface area contributed by atoms with Crippen LogP contribution in [-0.2, 0) is 6.42 Å². The van der Waals surface area contributed by atoms with Gasteiger partial charge in [-0.05, 0) is 23.6 Å². The molecule has 0 fully saturated rings. The van der Waals surface area contributed by atoms with Crippen LogP contribution >= 0.6 is 0 Å². The number of hydrogen-bond acceptors (Lipinski definition) is 5. The Hall–Kier alpha value is -6.59. The van der Waals surface area contributed by atoms with Gasteiger partial charge in [-0.2, -0.15) is 0 Å². The zero-order valence-electron chi connectivity index (χ0n) is 27.0. The molecule has 0 aliphatic heterocycles. The van der Waals surface area contributed by atoms with Gasteiger partial charge in [0.05, 0.1) is 0 Å². The van der Waals surface area contributed by atoms with E-state index in [1.165, 1.54) is 5.56 Å². The van der Waals surface area contributed by atoms with E-state index in [1.54, 1.807) is 0 Å². The molecule has 0 bridgehead atoms. The Morgan fingerprint density at radius 2 is 1.00 bits per heavy atom. The molecule has 0 unspecified atom stereocenters. The highest BCUT2D eigenvalue weighted by molar-refractivity contribution is 6.16. The van der Waals surface area contributed by atoms with E-state index < -0.39 is 0 Å². The lowest BCUT2D eigenvalue weighted by atomic mass is 9.97. The van der Waals surface area contributed by atoms with Gasteiger partial charge < -0.3 is 8.83 Å². The Kier molecular flexibility index (Phi) is 6.56. The summed E-state index contributed by atoms with van der Waals surface area (Å²) in [5.41, 5.74) is 10.7. The molecule has 1 aliphatic carbocycles. The maximum Gasteiger partial charge on any atom is 0.164 e. The summed E-state index contributed by atoms with van der Waals surface area (Å²) < 4.78 is 13.2. The number of aryl methyl sites for hydroxylation is 1. The average molecular weight is 644 g/mol. The highest BCUT2D eigenvalue weighted by atomic mass is 16.3. The first-order valence-electron chi connectivity index (χ1n) is 16.9. The number of hydrogen-bond donors (Lipinski definition) is 0. The maximum atomic E-state index is 6.71. The minimum absolute atomic E-state index is 0.590. The molecule has 3 aromatic heterocycles. The summed E-state index contributed by atoms with van der Waals surface area (Å²) in [6.45, 7) is 0. The Morgan fingerprint density at radius 3 is 1.74 bits per heavy atom. The summed E-state index contributed by atoms with van der Waals surface area (Å²) in [6.07, 6.45) is 6.32. The molecule has 0 saturated carbocycles. The first-order chi connectivity index (χ1) is 24.8. The highest BCUT2D eigenvalue weighted by Crippen LogP contribution is 2.43. The second kappa shape index (κ2) is 11.5. The van der Waals surface area contributed by atoms with Crippen LogP contribution in [0.1, 0.15) is 17.7 Å². The monoisotopic (exact) mass is 643 g/mol. The van der Waals surface area contributed by atoms with E-state index in [2.05, 4.69) is 103 Å². The molecule has 0 N–H and O–H groups in total. The van der Waals surface area contributed by atoms with Crippen molar-refractivity contribution in [3.05, 3.63) is 157 Å². The van der Waals surface area contributed by atoms with E-state index in [4.69, 9.17) is 23.8 Å². The average Bonchev–Trinajstić information content (AvgIpc) is 3.77. The van der Waals surface area contributed by atoms with E-state index in [1.807, 2.05) is 48.5 Å². The number of para-hydroxylation sites is 2. The number of aromatic nitrogens is 3. The number of allylic oxidation sites excluding steroid dienone is 1. The summed E-state index contributed by atoms with van der Waals surface area (Å²) in [7, 11) is 0. The fourth-order valence-corrected chi connectivity index (χ4v) is 7.21. The zero-order chi connectivity index (χ0) is 33.0. The number of nitrogens with zero attached hydrogens (tertiary/aromatic N) is 3. The fourth-order valence-electron chi connectivity index (χ4n) is 7.21. The molecule has 5 nitrogen and oxygen atoms in total. The molecule has 0 amide bonds. The Morgan fingerprint density at radius 1 is 0.440 bits per heavy atom. The third-order valence-electron chi connectivity index (χ3n) is 9.62. The van der Waals surface area contributed by atoms with Crippen LogP contribution in [-0.4, -0.2) is 15.0 Å². The minimum Gasteiger partial charge on any atom is -0.460 e. The van der Waals surface area contributed by atoms with Crippen LogP contribution in [0.4, 0.5) is 0 Å². The summed E-state index contributed by atoms with van der Waals surface area (Å²) >= 11 is 0. The lowest BCUT2D eigenvalue weighted by Gasteiger charge is -2.10. The van der Waals surface area contributed by atoms with Crippen molar-refractivity contribution in [1.29, 1.82) is 0 Å². The van der Waals surface area contributed by atoms with Crippen molar-refractivity contribution in [1.82, 2.24) is 15.0 Å². The normalized spacial score (nSPS) is 12.6. The van der Waals surface area contributed by atoms with Gasteiger partial charge in [-0.1, -0.05) is 146 Å². The molecule has 5 heteroatoms. The van der Waals surface area contributed by atoms with Crippen molar-refractivity contribution in [2.45, 2.75) is 12.8 Å². The molecule has 236 valence electrons. The van der Waals surface area contributed by atoms with Crippen molar-refractivity contribution in [2.24, 2.45) is 0 Å². The molecule has 0 atom stereocenters. The van der Waals surface area contributed by atoms with Gasteiger partial charge >= 0.3 is 0 Å². The van der Waals surface area contributed by atoms with Gasteiger partial charge in [0.25, 0.3) is 0 Å². The lowest BCUT2D eigenvalue weighted by Crippen LogP contribution is -2.00. The van der Waals surface area contributed by atoms with Crippen molar-refractivity contribution in [3.63, 3.8) is 0 Å². The largest absolute Gasteiger partial charge is 0.460 e. The number of benzene rings is 6. The van der Waals surface area contributed by atoms with E-state index >= 15 is 0 Å². The third kappa shape index (κ3) is 4.66. The van der Waals surface area contributed by atoms with E-state index in [0.717, 1.165) is 90.5 Å². The third-order valence-corrected chi connectivity index (χ3v) is 9.62. The molecular formula is C45H29N3O2.